The molecule has 1 atom stereocenters. The summed E-state index contributed by atoms with van der Waals surface area (Å²) in [5, 5.41) is 37.0. The van der Waals surface area contributed by atoms with E-state index < -0.39 is 24.2 Å². The fourth-order valence-electron chi connectivity index (χ4n) is 5.00. The summed E-state index contributed by atoms with van der Waals surface area (Å²) in [5.74, 6) is -0.566. The standard InChI is InChI=1S/C28H30F3N9O2/c1-28(2,42)25(29)15-34-26(41)20-13-33-22(24-8-7-19-9-16(11-32)12-35-39(19)24)10-21(20)37-18-5-3-17(4-6-18)23-14-36-40(38-23)27(30)31/h7-10,12-14,17-18,25,27,42H,3-6,15H2,1-2H3,(H,33,37)(H,34,41). The number of carbonyl (C=O) groups excluding carboxylic acids is 1. The molecule has 1 saturated carbocycles. The monoisotopic (exact) mass is 581 g/mol. The summed E-state index contributed by atoms with van der Waals surface area (Å²) in [4.78, 5) is 18.0. The molecule has 1 aliphatic rings. The minimum absolute atomic E-state index is 0.00824. The number of amides is 1. The van der Waals surface area contributed by atoms with E-state index >= 15 is 0 Å². The lowest BCUT2D eigenvalue weighted by molar-refractivity contribution is -0.00178. The van der Waals surface area contributed by atoms with Crippen LogP contribution in [0.3, 0.4) is 0 Å². The SMILES string of the molecule is CC(C)(O)C(F)CNC(=O)c1cnc(-c2ccc3cc(C#N)cnn23)cc1NC1CCC(c2cnn(C(F)F)n2)CC1. The van der Waals surface area contributed by atoms with Gasteiger partial charge in [0.05, 0.1) is 64.0 Å². The van der Waals surface area contributed by atoms with Gasteiger partial charge in [-0.05, 0) is 63.8 Å². The van der Waals surface area contributed by atoms with Crippen molar-refractivity contribution in [2.24, 2.45) is 0 Å². The highest BCUT2D eigenvalue weighted by molar-refractivity contribution is 6.00. The van der Waals surface area contributed by atoms with Crippen molar-refractivity contribution in [3.63, 3.8) is 0 Å². The molecule has 4 heterocycles. The van der Waals surface area contributed by atoms with Gasteiger partial charge in [-0.2, -0.15) is 29.3 Å². The van der Waals surface area contributed by atoms with E-state index in [0.717, 1.165) is 0 Å². The quantitative estimate of drug-likeness (QED) is 0.266. The van der Waals surface area contributed by atoms with Gasteiger partial charge in [-0.25, -0.2) is 8.91 Å². The Balaban J connectivity index is 1.38. The number of nitriles is 1. The van der Waals surface area contributed by atoms with Crippen molar-refractivity contribution in [1.82, 2.24) is 34.9 Å². The normalized spacial score (nSPS) is 18.1. The van der Waals surface area contributed by atoms with Crippen LogP contribution in [0.15, 0.2) is 42.9 Å². The second-order valence-electron chi connectivity index (χ2n) is 10.9. The van der Waals surface area contributed by atoms with Gasteiger partial charge in [-0.1, -0.05) is 0 Å². The van der Waals surface area contributed by atoms with Crippen molar-refractivity contribution in [2.45, 2.75) is 69.8 Å². The molecule has 0 spiro atoms. The zero-order valence-corrected chi connectivity index (χ0v) is 23.0. The van der Waals surface area contributed by atoms with Gasteiger partial charge in [0.1, 0.15) is 12.2 Å². The number of carbonyl (C=O) groups is 1. The van der Waals surface area contributed by atoms with Crippen LogP contribution in [0.2, 0.25) is 0 Å². The molecule has 11 nitrogen and oxygen atoms in total. The molecule has 42 heavy (non-hydrogen) atoms. The van der Waals surface area contributed by atoms with Gasteiger partial charge in [0.25, 0.3) is 5.91 Å². The number of hydrogen-bond acceptors (Lipinski definition) is 8. The first kappa shape index (κ1) is 29.0. The lowest BCUT2D eigenvalue weighted by Crippen LogP contribution is -2.42. The molecule has 220 valence electrons. The van der Waals surface area contributed by atoms with E-state index in [1.165, 1.54) is 32.4 Å². The zero-order chi connectivity index (χ0) is 30.0. The molecule has 1 fully saturated rings. The summed E-state index contributed by atoms with van der Waals surface area (Å²) < 4.78 is 41.8. The molecule has 0 aliphatic heterocycles. The highest BCUT2D eigenvalue weighted by Crippen LogP contribution is 2.34. The maximum atomic E-state index is 14.4. The molecular formula is C28H30F3N9O2. The summed E-state index contributed by atoms with van der Waals surface area (Å²) in [7, 11) is 0. The van der Waals surface area contributed by atoms with Gasteiger partial charge in [0.15, 0.2) is 0 Å². The van der Waals surface area contributed by atoms with E-state index in [-0.39, 0.29) is 24.1 Å². The first-order valence-corrected chi connectivity index (χ1v) is 13.5. The van der Waals surface area contributed by atoms with E-state index in [2.05, 4.69) is 37.0 Å². The Morgan fingerprint density at radius 2 is 1.90 bits per heavy atom. The predicted octanol–water partition coefficient (Wildman–Crippen LogP) is 4.23. The Hall–Kier alpha value is -4.51. The molecule has 5 rings (SSSR count). The van der Waals surface area contributed by atoms with Crippen LogP contribution in [-0.2, 0) is 0 Å². The maximum Gasteiger partial charge on any atom is 0.348 e. The molecule has 0 radical (unpaired) electrons. The molecule has 0 bridgehead atoms. The highest BCUT2D eigenvalue weighted by Gasteiger charge is 2.29. The molecular weight excluding hydrogens is 551 g/mol. The predicted molar refractivity (Wildman–Crippen MR) is 147 cm³/mol. The van der Waals surface area contributed by atoms with Gasteiger partial charge < -0.3 is 15.7 Å². The van der Waals surface area contributed by atoms with Gasteiger partial charge in [0.2, 0.25) is 0 Å². The van der Waals surface area contributed by atoms with E-state index in [4.69, 9.17) is 0 Å². The average Bonchev–Trinajstić information content (AvgIpc) is 3.63. The third-order valence-electron chi connectivity index (χ3n) is 7.45. The van der Waals surface area contributed by atoms with E-state index in [1.54, 1.807) is 16.6 Å². The highest BCUT2D eigenvalue weighted by atomic mass is 19.3. The molecule has 0 aromatic carbocycles. The third kappa shape index (κ3) is 6.20. The van der Waals surface area contributed by atoms with Crippen molar-refractivity contribution in [3.05, 3.63) is 59.7 Å². The second kappa shape index (κ2) is 11.8. The minimum atomic E-state index is -2.79. The van der Waals surface area contributed by atoms with Crippen molar-refractivity contribution in [3.8, 4) is 17.5 Å². The van der Waals surface area contributed by atoms with E-state index in [1.807, 2.05) is 12.1 Å². The van der Waals surface area contributed by atoms with Crippen molar-refractivity contribution < 1.29 is 23.1 Å². The fraction of sp³-hybridized carbons (Fsp3) is 0.429. The number of pyridine rings is 1. The first-order chi connectivity index (χ1) is 20.0. The Morgan fingerprint density at radius 1 is 1.14 bits per heavy atom. The second-order valence-corrected chi connectivity index (χ2v) is 10.9. The van der Waals surface area contributed by atoms with Crippen LogP contribution in [0.5, 0.6) is 0 Å². The van der Waals surface area contributed by atoms with Crippen LogP contribution in [0, 0.1) is 11.3 Å². The third-order valence-corrected chi connectivity index (χ3v) is 7.45. The number of hydrogen-bond donors (Lipinski definition) is 3. The molecule has 0 saturated heterocycles. The lowest BCUT2D eigenvalue weighted by atomic mass is 9.84. The Labute approximate surface area is 239 Å². The zero-order valence-electron chi connectivity index (χ0n) is 23.0. The summed E-state index contributed by atoms with van der Waals surface area (Å²) in [5.41, 5.74) is 1.86. The number of fused-ring (bicyclic) bond motifs is 1. The van der Waals surface area contributed by atoms with Crippen molar-refractivity contribution in [1.29, 1.82) is 5.26 Å². The van der Waals surface area contributed by atoms with Gasteiger partial charge >= 0.3 is 6.55 Å². The lowest BCUT2D eigenvalue weighted by Gasteiger charge is -2.29. The van der Waals surface area contributed by atoms with Gasteiger partial charge in [-0.15, -0.1) is 4.80 Å². The Kier molecular flexibility index (Phi) is 8.13. The average molecular weight is 582 g/mol. The topological polar surface area (TPSA) is 146 Å². The number of rotatable bonds is 9. The van der Waals surface area contributed by atoms with Crippen LogP contribution < -0.4 is 10.6 Å². The van der Waals surface area contributed by atoms with Crippen molar-refractivity contribution >= 4 is 17.1 Å². The minimum Gasteiger partial charge on any atom is -0.387 e. The Bertz CT molecular complexity index is 1610. The van der Waals surface area contributed by atoms with Gasteiger partial charge in [0, 0.05) is 18.2 Å². The molecule has 1 aliphatic carbocycles. The summed E-state index contributed by atoms with van der Waals surface area (Å²) in [6.07, 6.45) is 5.29. The number of halogens is 3. The molecule has 4 aromatic rings. The first-order valence-electron chi connectivity index (χ1n) is 13.5. The summed E-state index contributed by atoms with van der Waals surface area (Å²) in [6, 6.07) is 9.06. The van der Waals surface area contributed by atoms with Crippen LogP contribution in [0.25, 0.3) is 16.9 Å². The van der Waals surface area contributed by atoms with Crippen LogP contribution >= 0.6 is 0 Å². The van der Waals surface area contributed by atoms with Crippen molar-refractivity contribution in [2.75, 3.05) is 11.9 Å². The summed E-state index contributed by atoms with van der Waals surface area (Å²) in [6.45, 7) is -0.526. The number of aliphatic hydroxyl groups is 1. The van der Waals surface area contributed by atoms with E-state index in [9.17, 15) is 28.3 Å². The number of nitrogens with zero attached hydrogens (tertiary/aromatic N) is 7. The Morgan fingerprint density at radius 3 is 2.57 bits per heavy atom. The maximum absolute atomic E-state index is 14.4. The number of nitrogens with one attached hydrogen (secondary N) is 2. The van der Waals surface area contributed by atoms with Crippen LogP contribution in [0.4, 0.5) is 18.9 Å². The molecule has 1 unspecified atom stereocenters. The number of alkyl halides is 3. The fourth-order valence-corrected chi connectivity index (χ4v) is 5.00. The molecule has 3 N–H and O–H groups in total. The smallest absolute Gasteiger partial charge is 0.348 e. The van der Waals surface area contributed by atoms with E-state index in [0.29, 0.717) is 64.3 Å². The van der Waals surface area contributed by atoms with Crippen LogP contribution in [-0.4, -0.2) is 65.0 Å². The summed E-state index contributed by atoms with van der Waals surface area (Å²) >= 11 is 0. The number of anilines is 1. The molecule has 1 amide bonds. The van der Waals surface area contributed by atoms with Crippen LogP contribution in [0.1, 0.15) is 73.6 Å². The largest absolute Gasteiger partial charge is 0.387 e. The molecule has 4 aromatic heterocycles. The van der Waals surface area contributed by atoms with Gasteiger partial charge in [-0.3, -0.25) is 9.78 Å². The number of aromatic nitrogens is 6. The molecule has 14 heteroatoms.